The third-order valence-corrected chi connectivity index (χ3v) is 9.10. The zero-order chi connectivity index (χ0) is 38.6. The Morgan fingerprint density at radius 2 is 0.704 bits per heavy atom. The molecular weight excluding hydrogens is 743 g/mol. The molecule has 0 radical (unpaired) electrons. The fourth-order valence-electron chi connectivity index (χ4n) is 4.76. The van der Waals surface area contributed by atoms with Crippen LogP contribution in [0.25, 0.3) is 10.8 Å². The third kappa shape index (κ3) is 8.54. The Bertz CT molecular complexity index is 2540. The first-order chi connectivity index (χ1) is 25.7. The molecule has 0 aromatic heterocycles. The first-order valence-corrected chi connectivity index (χ1v) is 18.1. The van der Waals surface area contributed by atoms with Crippen LogP contribution in [-0.4, -0.2) is 41.3 Å². The number of rotatable bonds is 10. The number of azo groups is 4. The largest absolute Gasteiger partial charge is 0.508 e. The monoisotopic (exact) mass is 767 g/mol. The molecule has 6 rings (SSSR count). The van der Waals surface area contributed by atoms with E-state index in [1.54, 1.807) is 24.3 Å². The molecule has 7 N–H and O–H groups in total. The van der Waals surface area contributed by atoms with Crippen molar-refractivity contribution < 1.29 is 41.3 Å². The quantitative estimate of drug-likeness (QED) is 0.0435. The molecule has 0 aliphatic carbocycles. The van der Waals surface area contributed by atoms with E-state index in [2.05, 4.69) is 40.9 Å². The molecule has 6 aromatic rings. The molecule has 0 aliphatic rings. The third-order valence-electron chi connectivity index (χ3n) is 7.36. The average Bonchev–Trinajstić information content (AvgIpc) is 3.13. The minimum atomic E-state index is -5.11. The highest BCUT2D eigenvalue weighted by Gasteiger charge is 2.28. The van der Waals surface area contributed by atoms with Crippen molar-refractivity contribution in [2.75, 3.05) is 5.73 Å². The second kappa shape index (κ2) is 14.9. The number of nitrogens with zero attached hydrogens (tertiary/aromatic N) is 8. The second-order valence-electron chi connectivity index (χ2n) is 11.1. The summed E-state index contributed by atoms with van der Waals surface area (Å²) >= 11 is 0. The fourth-order valence-corrected chi connectivity index (χ4v) is 6.09. The van der Waals surface area contributed by atoms with Gasteiger partial charge >= 0.3 is 0 Å². The number of anilines is 1. The van der Waals surface area contributed by atoms with Crippen molar-refractivity contribution >= 4 is 82.2 Å². The molecular formula is C34H25N9O9S2. The summed E-state index contributed by atoms with van der Waals surface area (Å²) in [5.41, 5.74) is 6.55. The van der Waals surface area contributed by atoms with E-state index in [4.69, 9.17) is 5.73 Å². The number of nitrogens with two attached hydrogens (primary N) is 1. The Labute approximate surface area is 305 Å². The molecule has 0 amide bonds. The van der Waals surface area contributed by atoms with Gasteiger partial charge in [-0.05, 0) is 115 Å². The van der Waals surface area contributed by atoms with Crippen molar-refractivity contribution in [2.45, 2.75) is 9.79 Å². The van der Waals surface area contributed by atoms with Gasteiger partial charge in [0.2, 0.25) is 0 Å². The molecule has 0 fully saturated rings. The standard InChI is InChI=1S/C34H25N9O9S2/c35-31-30-19(17-28(53(47,48)49)32(31)42-40-22-5-1-20(2-6-22)36-38-24-9-13-26(44)14-10-24)18-29(54(50,51)52)33(34(30)46)43-41-23-7-3-21(4-8-23)37-39-25-11-15-27(45)16-12-25/h1-18,44-46H,35H2,(H,47,48,49)(H,50,51,52). The summed E-state index contributed by atoms with van der Waals surface area (Å²) in [7, 11) is -10.2. The highest BCUT2D eigenvalue weighted by atomic mass is 32.2. The molecule has 0 saturated carbocycles. The summed E-state index contributed by atoms with van der Waals surface area (Å²) in [6.45, 7) is 0. The van der Waals surface area contributed by atoms with Crippen molar-refractivity contribution in [2.24, 2.45) is 40.9 Å². The summed E-state index contributed by atoms with van der Waals surface area (Å²) in [5, 5.41) is 61.5. The predicted molar refractivity (Wildman–Crippen MR) is 195 cm³/mol. The number of fused-ring (bicyclic) bond motifs is 1. The van der Waals surface area contributed by atoms with Gasteiger partial charge in [0.1, 0.15) is 32.7 Å². The van der Waals surface area contributed by atoms with Gasteiger partial charge in [0, 0.05) is 0 Å². The van der Waals surface area contributed by atoms with Crippen LogP contribution in [-0.2, 0) is 20.2 Å². The lowest BCUT2D eigenvalue weighted by Gasteiger charge is -2.14. The van der Waals surface area contributed by atoms with E-state index in [-0.39, 0.29) is 33.6 Å². The van der Waals surface area contributed by atoms with Crippen LogP contribution >= 0.6 is 0 Å². The number of hydrogen-bond donors (Lipinski definition) is 6. The Morgan fingerprint density at radius 1 is 0.426 bits per heavy atom. The summed E-state index contributed by atoms with van der Waals surface area (Å²) in [6, 6.07) is 25.6. The molecule has 20 heteroatoms. The number of phenols is 3. The summed E-state index contributed by atoms with van der Waals surface area (Å²) in [5.74, 6) is -0.771. The zero-order valence-corrected chi connectivity index (χ0v) is 28.9. The molecule has 6 aromatic carbocycles. The van der Waals surface area contributed by atoms with E-state index in [1.165, 1.54) is 72.8 Å². The maximum absolute atomic E-state index is 12.4. The van der Waals surface area contributed by atoms with Crippen LogP contribution in [0.2, 0.25) is 0 Å². The van der Waals surface area contributed by atoms with E-state index < -0.39 is 52.8 Å². The Morgan fingerprint density at radius 3 is 1.04 bits per heavy atom. The number of aromatic hydroxyl groups is 3. The van der Waals surface area contributed by atoms with E-state index >= 15 is 0 Å². The number of nitrogen functional groups attached to an aromatic ring is 1. The predicted octanol–water partition coefficient (Wildman–Crippen LogP) is 9.69. The molecule has 18 nitrogen and oxygen atoms in total. The fraction of sp³-hybridized carbons (Fsp3) is 0. The second-order valence-corrected chi connectivity index (χ2v) is 13.9. The summed E-state index contributed by atoms with van der Waals surface area (Å²) < 4.78 is 69.7. The van der Waals surface area contributed by atoms with Crippen LogP contribution in [0.5, 0.6) is 17.2 Å². The van der Waals surface area contributed by atoms with E-state index in [1.807, 2.05) is 0 Å². The molecule has 0 unspecified atom stereocenters. The van der Waals surface area contributed by atoms with E-state index in [0.29, 0.717) is 22.7 Å². The van der Waals surface area contributed by atoms with Crippen LogP contribution in [0.1, 0.15) is 0 Å². The summed E-state index contributed by atoms with van der Waals surface area (Å²) in [4.78, 5) is -1.83. The Kier molecular flexibility index (Phi) is 10.2. The van der Waals surface area contributed by atoms with Crippen LogP contribution in [0.4, 0.5) is 51.2 Å². The molecule has 0 atom stereocenters. The highest BCUT2D eigenvalue weighted by Crippen LogP contribution is 2.48. The van der Waals surface area contributed by atoms with Gasteiger partial charge in [-0.2, -0.15) is 47.5 Å². The molecule has 0 heterocycles. The molecule has 0 saturated heterocycles. The van der Waals surface area contributed by atoms with Crippen molar-refractivity contribution in [3.05, 3.63) is 109 Å². The van der Waals surface area contributed by atoms with Gasteiger partial charge in [-0.1, -0.05) is 0 Å². The molecule has 272 valence electrons. The maximum atomic E-state index is 12.4. The lowest BCUT2D eigenvalue weighted by molar-refractivity contribution is 0.472. The minimum Gasteiger partial charge on any atom is -0.508 e. The number of phenolic OH excluding ortho intramolecular Hbond substituents is 3. The van der Waals surface area contributed by atoms with Gasteiger partial charge in [0.05, 0.1) is 45.2 Å². The number of hydrogen-bond acceptors (Lipinski definition) is 16. The molecule has 0 aliphatic heterocycles. The molecule has 54 heavy (non-hydrogen) atoms. The van der Waals surface area contributed by atoms with Crippen molar-refractivity contribution in [3.63, 3.8) is 0 Å². The zero-order valence-electron chi connectivity index (χ0n) is 27.2. The Balaban J connectivity index is 1.35. The smallest absolute Gasteiger partial charge is 0.296 e. The van der Waals surface area contributed by atoms with Gasteiger partial charge in [-0.25, -0.2) is 0 Å². The van der Waals surface area contributed by atoms with Crippen molar-refractivity contribution in [1.82, 2.24) is 0 Å². The normalized spacial score (nSPS) is 12.6. The first kappa shape index (κ1) is 36.8. The SMILES string of the molecule is Nc1c(N=Nc2ccc(N=Nc3ccc(O)cc3)cc2)c(S(=O)(=O)O)cc2cc(S(=O)(=O)O)c(N=Nc3ccc(N=Nc4ccc(O)cc4)cc3)c(O)c12. The van der Waals surface area contributed by atoms with Crippen LogP contribution in [0.15, 0.2) is 160 Å². The maximum Gasteiger partial charge on any atom is 0.296 e. The van der Waals surface area contributed by atoms with Gasteiger partial charge in [-0.15, -0.1) is 10.2 Å². The Hall–Kier alpha value is -7.00. The van der Waals surface area contributed by atoms with E-state index in [9.17, 15) is 41.3 Å². The van der Waals surface area contributed by atoms with Crippen LogP contribution in [0.3, 0.4) is 0 Å². The average molecular weight is 768 g/mol. The van der Waals surface area contributed by atoms with Gasteiger partial charge in [0.25, 0.3) is 20.2 Å². The summed E-state index contributed by atoms with van der Waals surface area (Å²) in [6.07, 6.45) is 0. The van der Waals surface area contributed by atoms with Crippen molar-refractivity contribution in [1.29, 1.82) is 0 Å². The van der Waals surface area contributed by atoms with E-state index in [0.717, 1.165) is 12.1 Å². The molecule has 0 spiro atoms. The molecule has 0 bridgehead atoms. The van der Waals surface area contributed by atoms with Gasteiger partial charge < -0.3 is 21.1 Å². The highest BCUT2D eigenvalue weighted by molar-refractivity contribution is 7.86. The minimum absolute atomic E-state index is 0.0709. The van der Waals surface area contributed by atoms with Crippen molar-refractivity contribution in [3.8, 4) is 17.2 Å². The van der Waals surface area contributed by atoms with Gasteiger partial charge in [-0.3, -0.25) is 9.11 Å². The van der Waals surface area contributed by atoms with Crippen LogP contribution in [0, 0.1) is 0 Å². The first-order valence-electron chi connectivity index (χ1n) is 15.2. The van der Waals surface area contributed by atoms with Gasteiger partial charge in [0.15, 0.2) is 5.75 Å². The number of benzene rings is 6. The van der Waals surface area contributed by atoms with Crippen LogP contribution < -0.4 is 5.73 Å². The lowest BCUT2D eigenvalue weighted by Crippen LogP contribution is -2.03. The lowest BCUT2D eigenvalue weighted by atomic mass is 10.1. The topological polar surface area (TPSA) is 294 Å².